The van der Waals surface area contributed by atoms with Gasteiger partial charge >= 0.3 is 0 Å². The second kappa shape index (κ2) is 6.22. The third kappa shape index (κ3) is 2.99. The predicted molar refractivity (Wildman–Crippen MR) is 109 cm³/mol. The van der Waals surface area contributed by atoms with Crippen LogP contribution in [0.5, 0.6) is 0 Å². The summed E-state index contributed by atoms with van der Waals surface area (Å²) >= 11 is 0. The van der Waals surface area contributed by atoms with E-state index in [-0.39, 0.29) is 5.91 Å². The Kier molecular flexibility index (Phi) is 3.93. The van der Waals surface area contributed by atoms with Crippen LogP contribution in [0.4, 0.5) is 0 Å². The third-order valence-corrected chi connectivity index (χ3v) is 7.51. The molecule has 140 valence electrons. The molecule has 2 nitrogen and oxygen atoms in total. The zero-order valence-corrected chi connectivity index (χ0v) is 16.2. The van der Waals surface area contributed by atoms with Crippen LogP contribution >= 0.6 is 0 Å². The average Bonchev–Trinajstić information content (AvgIpc) is 2.66. The van der Waals surface area contributed by atoms with Crippen LogP contribution in [0.1, 0.15) is 60.0 Å². The van der Waals surface area contributed by atoms with Crippen LogP contribution in [-0.2, 0) is 5.41 Å². The van der Waals surface area contributed by atoms with Crippen LogP contribution in [0.3, 0.4) is 0 Å². The van der Waals surface area contributed by atoms with E-state index in [0.29, 0.717) is 10.8 Å². The van der Waals surface area contributed by atoms with Crippen LogP contribution in [0.25, 0.3) is 0 Å². The highest BCUT2D eigenvalue weighted by Crippen LogP contribution is 2.65. The van der Waals surface area contributed by atoms with Gasteiger partial charge in [0.05, 0.1) is 0 Å². The van der Waals surface area contributed by atoms with Gasteiger partial charge in [0.25, 0.3) is 5.91 Å². The molecule has 4 atom stereocenters. The van der Waals surface area contributed by atoms with Crippen molar-refractivity contribution in [1.82, 2.24) is 5.32 Å². The van der Waals surface area contributed by atoms with E-state index >= 15 is 0 Å². The molecule has 4 bridgehead atoms. The van der Waals surface area contributed by atoms with E-state index < -0.39 is 0 Å². The van der Waals surface area contributed by atoms with Crippen molar-refractivity contribution >= 4 is 5.91 Å². The van der Waals surface area contributed by atoms with Crippen molar-refractivity contribution in [2.45, 2.75) is 50.9 Å². The molecule has 1 N–H and O–H groups in total. The molecule has 1 amide bonds. The monoisotopic (exact) mass is 359 g/mol. The summed E-state index contributed by atoms with van der Waals surface area (Å²) in [7, 11) is 0. The SMILES string of the molecule is Cc1ccc(C23C[C@@H]4C[C@@H](CC(CNC(=O)c5ccccc5)(C4)C2)C3)cc1. The highest BCUT2D eigenvalue weighted by Gasteiger charge is 2.57. The van der Waals surface area contributed by atoms with Crippen molar-refractivity contribution in [3.05, 3.63) is 71.3 Å². The Balaban J connectivity index is 1.38. The normalized spacial score (nSPS) is 33.8. The Morgan fingerprint density at radius 1 is 0.963 bits per heavy atom. The molecule has 4 aliphatic carbocycles. The number of carbonyl (C=O) groups is 1. The summed E-state index contributed by atoms with van der Waals surface area (Å²) in [6.07, 6.45) is 7.94. The number of hydrogen-bond donors (Lipinski definition) is 1. The first-order valence-electron chi connectivity index (χ1n) is 10.5. The lowest BCUT2D eigenvalue weighted by Gasteiger charge is -2.62. The maximum atomic E-state index is 12.6. The number of carbonyl (C=O) groups excluding carboxylic acids is 1. The Labute approximate surface area is 162 Å². The smallest absolute Gasteiger partial charge is 0.251 e. The van der Waals surface area contributed by atoms with E-state index in [0.717, 1.165) is 23.9 Å². The lowest BCUT2D eigenvalue weighted by molar-refractivity contribution is -0.0697. The van der Waals surface area contributed by atoms with Gasteiger partial charge < -0.3 is 5.32 Å². The van der Waals surface area contributed by atoms with Gasteiger partial charge in [0.1, 0.15) is 0 Å². The number of benzene rings is 2. The molecule has 2 heteroatoms. The fourth-order valence-corrected chi connectivity index (χ4v) is 6.86. The number of amides is 1. The summed E-state index contributed by atoms with van der Waals surface area (Å²) in [5.41, 5.74) is 4.29. The van der Waals surface area contributed by atoms with Crippen molar-refractivity contribution in [3.8, 4) is 0 Å². The van der Waals surface area contributed by atoms with E-state index in [1.165, 1.54) is 44.1 Å². The van der Waals surface area contributed by atoms with Gasteiger partial charge in [0, 0.05) is 12.1 Å². The molecule has 2 aromatic rings. The lowest BCUT2D eigenvalue weighted by Crippen LogP contribution is -2.57. The molecule has 0 heterocycles. The van der Waals surface area contributed by atoms with Crippen LogP contribution in [-0.4, -0.2) is 12.5 Å². The van der Waals surface area contributed by atoms with E-state index in [1.807, 2.05) is 30.3 Å². The molecule has 4 saturated carbocycles. The van der Waals surface area contributed by atoms with E-state index in [9.17, 15) is 4.79 Å². The Bertz CT molecular complexity index is 824. The van der Waals surface area contributed by atoms with E-state index in [2.05, 4.69) is 36.5 Å². The Morgan fingerprint density at radius 3 is 2.30 bits per heavy atom. The molecule has 0 aromatic heterocycles. The van der Waals surface area contributed by atoms with Gasteiger partial charge in [0.2, 0.25) is 0 Å². The van der Waals surface area contributed by atoms with Crippen LogP contribution in [0, 0.1) is 24.2 Å². The molecule has 6 rings (SSSR count). The second-order valence-corrected chi connectivity index (χ2v) is 9.66. The van der Waals surface area contributed by atoms with Crippen LogP contribution in [0.2, 0.25) is 0 Å². The fourth-order valence-electron chi connectivity index (χ4n) is 6.86. The van der Waals surface area contributed by atoms with Crippen molar-refractivity contribution in [1.29, 1.82) is 0 Å². The number of nitrogens with one attached hydrogen (secondary N) is 1. The highest BCUT2D eigenvalue weighted by atomic mass is 16.1. The standard InChI is InChI=1S/C25H29NO/c1-18-7-9-22(10-8-18)25-14-19-11-20(15-25)13-24(12-19,16-25)17-26-23(27)21-5-3-2-4-6-21/h2-10,19-20H,11-17H2,1H3,(H,26,27)/t19-,20+,24?,25?. The minimum Gasteiger partial charge on any atom is -0.351 e. The molecular weight excluding hydrogens is 330 g/mol. The molecule has 0 radical (unpaired) electrons. The molecule has 4 aliphatic rings. The van der Waals surface area contributed by atoms with E-state index in [1.54, 1.807) is 5.56 Å². The van der Waals surface area contributed by atoms with Crippen molar-refractivity contribution in [2.24, 2.45) is 17.3 Å². The molecule has 0 spiro atoms. The number of hydrogen-bond acceptors (Lipinski definition) is 1. The summed E-state index contributed by atoms with van der Waals surface area (Å²) in [6, 6.07) is 18.9. The van der Waals surface area contributed by atoms with Gasteiger partial charge in [-0.15, -0.1) is 0 Å². The minimum atomic E-state index is 0.0794. The third-order valence-electron chi connectivity index (χ3n) is 7.51. The summed E-state index contributed by atoms with van der Waals surface area (Å²) in [6.45, 7) is 3.01. The number of aryl methyl sites for hydroxylation is 1. The van der Waals surface area contributed by atoms with Gasteiger partial charge in [-0.05, 0) is 85.8 Å². The van der Waals surface area contributed by atoms with Gasteiger partial charge in [0.15, 0.2) is 0 Å². The van der Waals surface area contributed by atoms with Crippen LogP contribution < -0.4 is 5.32 Å². The quantitative estimate of drug-likeness (QED) is 0.792. The molecular formula is C25H29NO. The molecule has 2 aromatic carbocycles. The molecule has 27 heavy (non-hydrogen) atoms. The largest absolute Gasteiger partial charge is 0.351 e. The zero-order valence-electron chi connectivity index (χ0n) is 16.2. The molecule has 4 fully saturated rings. The average molecular weight is 360 g/mol. The lowest BCUT2D eigenvalue weighted by atomic mass is 9.43. The van der Waals surface area contributed by atoms with Crippen LogP contribution in [0.15, 0.2) is 54.6 Å². The van der Waals surface area contributed by atoms with Crippen molar-refractivity contribution < 1.29 is 4.79 Å². The first-order chi connectivity index (χ1) is 13.1. The van der Waals surface area contributed by atoms with Gasteiger partial charge in [-0.1, -0.05) is 48.0 Å². The molecule has 0 saturated heterocycles. The molecule has 2 unspecified atom stereocenters. The number of rotatable bonds is 4. The maximum Gasteiger partial charge on any atom is 0.251 e. The second-order valence-electron chi connectivity index (χ2n) is 9.66. The van der Waals surface area contributed by atoms with Crippen molar-refractivity contribution in [2.75, 3.05) is 6.54 Å². The first kappa shape index (κ1) is 17.0. The van der Waals surface area contributed by atoms with E-state index in [4.69, 9.17) is 0 Å². The van der Waals surface area contributed by atoms with Gasteiger partial charge in [-0.25, -0.2) is 0 Å². The summed E-state index contributed by atoms with van der Waals surface area (Å²) in [4.78, 5) is 12.6. The van der Waals surface area contributed by atoms with Gasteiger partial charge in [-0.3, -0.25) is 4.79 Å². The first-order valence-corrected chi connectivity index (χ1v) is 10.5. The highest BCUT2D eigenvalue weighted by molar-refractivity contribution is 5.94. The Morgan fingerprint density at radius 2 is 1.63 bits per heavy atom. The topological polar surface area (TPSA) is 29.1 Å². The minimum absolute atomic E-state index is 0.0794. The van der Waals surface area contributed by atoms with Crippen molar-refractivity contribution in [3.63, 3.8) is 0 Å². The summed E-state index contributed by atoms with van der Waals surface area (Å²) < 4.78 is 0. The molecule has 0 aliphatic heterocycles. The zero-order chi connectivity index (χ0) is 18.5. The maximum absolute atomic E-state index is 12.6. The Hall–Kier alpha value is -2.09. The fraction of sp³-hybridized carbons (Fsp3) is 0.480. The summed E-state index contributed by atoms with van der Waals surface area (Å²) in [5, 5.41) is 3.29. The summed E-state index contributed by atoms with van der Waals surface area (Å²) in [5.74, 6) is 1.75. The predicted octanol–water partition coefficient (Wildman–Crippen LogP) is 5.26. The van der Waals surface area contributed by atoms with Gasteiger partial charge in [-0.2, -0.15) is 0 Å².